The number of thioether (sulfide) groups is 1. The van der Waals surface area contributed by atoms with Gasteiger partial charge in [0.1, 0.15) is 5.82 Å². The highest BCUT2D eigenvalue weighted by atomic mass is 32.2. The quantitative estimate of drug-likeness (QED) is 0.728. The van der Waals surface area contributed by atoms with Crippen molar-refractivity contribution in [1.82, 2.24) is 4.90 Å². The first-order chi connectivity index (χ1) is 11.6. The Balaban J connectivity index is 2.15. The molecule has 3 rings (SSSR count). The molecule has 3 N–H and O–H groups in total. The number of aliphatic imine (C=N–C) groups is 1. The topological polar surface area (TPSA) is 78.9 Å². The van der Waals surface area contributed by atoms with Gasteiger partial charge in [0.15, 0.2) is 5.17 Å². The number of halogens is 1. The molecule has 0 radical (unpaired) electrons. The third-order valence-electron chi connectivity index (χ3n) is 5.00. The van der Waals surface area contributed by atoms with Crippen LogP contribution in [0.5, 0.6) is 0 Å². The van der Waals surface area contributed by atoms with E-state index in [-0.39, 0.29) is 11.7 Å². The first-order valence-electron chi connectivity index (χ1n) is 8.46. The molecule has 5 nitrogen and oxygen atoms in total. The minimum atomic E-state index is -1.04. The number of fused-ring (bicyclic) bond motifs is 1. The molecule has 7 heteroatoms. The molecule has 1 aliphatic carbocycles. The molecule has 1 fully saturated rings. The zero-order valence-corrected chi connectivity index (χ0v) is 15.6. The SMILES string of the molecule is CC(C)(C)N(C(=O)O)C1=N[C@@]2(c3cc(N)ccc3F)CCC[C@H]2CS1. The molecule has 1 aromatic carbocycles. The van der Waals surface area contributed by atoms with Crippen LogP contribution in [0.1, 0.15) is 45.6 Å². The molecular weight excluding hydrogens is 341 g/mol. The van der Waals surface area contributed by atoms with Gasteiger partial charge in [0, 0.05) is 22.5 Å². The van der Waals surface area contributed by atoms with Crippen molar-refractivity contribution in [3.05, 3.63) is 29.6 Å². The van der Waals surface area contributed by atoms with Crippen LogP contribution < -0.4 is 5.73 Å². The summed E-state index contributed by atoms with van der Waals surface area (Å²) in [6.07, 6.45) is 1.57. The number of nitrogens with two attached hydrogens (primary N) is 1. The van der Waals surface area contributed by atoms with E-state index in [1.807, 2.05) is 20.8 Å². The van der Waals surface area contributed by atoms with Gasteiger partial charge in [0.05, 0.1) is 5.54 Å². The molecule has 0 aromatic heterocycles. The number of nitrogen functional groups attached to an aromatic ring is 1. The van der Waals surface area contributed by atoms with Crippen molar-refractivity contribution in [2.24, 2.45) is 10.9 Å². The lowest BCUT2D eigenvalue weighted by Gasteiger charge is -2.41. The van der Waals surface area contributed by atoms with Crippen LogP contribution in [0.25, 0.3) is 0 Å². The molecule has 1 aromatic rings. The fourth-order valence-electron chi connectivity index (χ4n) is 3.87. The van der Waals surface area contributed by atoms with Gasteiger partial charge in [-0.3, -0.25) is 9.89 Å². The van der Waals surface area contributed by atoms with Crippen molar-refractivity contribution < 1.29 is 14.3 Å². The highest BCUT2D eigenvalue weighted by Crippen LogP contribution is 2.52. The molecule has 2 atom stereocenters. The van der Waals surface area contributed by atoms with Crippen LogP contribution in [0.3, 0.4) is 0 Å². The number of hydrogen-bond acceptors (Lipinski definition) is 4. The fraction of sp³-hybridized carbons (Fsp3) is 0.556. The maximum absolute atomic E-state index is 14.6. The van der Waals surface area contributed by atoms with E-state index >= 15 is 0 Å². The smallest absolute Gasteiger partial charge is 0.413 e. The summed E-state index contributed by atoms with van der Waals surface area (Å²) in [7, 11) is 0. The number of benzene rings is 1. The molecule has 1 amide bonds. The maximum Gasteiger partial charge on any atom is 0.413 e. The van der Waals surface area contributed by atoms with E-state index in [1.165, 1.54) is 22.7 Å². The van der Waals surface area contributed by atoms with Crippen molar-refractivity contribution in [3.63, 3.8) is 0 Å². The Morgan fingerprint density at radius 2 is 2.20 bits per heavy atom. The average Bonchev–Trinajstić information content (AvgIpc) is 2.92. The Hall–Kier alpha value is -1.76. The van der Waals surface area contributed by atoms with Crippen molar-refractivity contribution in [2.75, 3.05) is 11.5 Å². The van der Waals surface area contributed by atoms with Crippen LogP contribution in [0.2, 0.25) is 0 Å². The summed E-state index contributed by atoms with van der Waals surface area (Å²) < 4.78 is 14.6. The molecular formula is C18H24FN3O2S. The minimum absolute atomic E-state index is 0.188. The number of anilines is 1. The van der Waals surface area contributed by atoms with E-state index < -0.39 is 17.2 Å². The first kappa shape index (κ1) is 18.0. The van der Waals surface area contributed by atoms with Crippen LogP contribution in [0, 0.1) is 11.7 Å². The van der Waals surface area contributed by atoms with E-state index in [0.717, 1.165) is 18.6 Å². The Morgan fingerprint density at radius 3 is 2.84 bits per heavy atom. The molecule has 1 saturated carbocycles. The highest BCUT2D eigenvalue weighted by Gasteiger charge is 2.50. The van der Waals surface area contributed by atoms with Crippen LogP contribution in [-0.4, -0.2) is 32.6 Å². The highest BCUT2D eigenvalue weighted by molar-refractivity contribution is 8.13. The number of carbonyl (C=O) groups is 1. The molecule has 0 unspecified atom stereocenters. The zero-order valence-electron chi connectivity index (χ0n) is 14.8. The summed E-state index contributed by atoms with van der Waals surface area (Å²) in [6.45, 7) is 5.50. The second-order valence-corrected chi connectivity index (χ2v) is 8.73. The van der Waals surface area contributed by atoms with Gasteiger partial charge in [0.2, 0.25) is 0 Å². The molecule has 0 bridgehead atoms. The van der Waals surface area contributed by atoms with E-state index in [1.54, 1.807) is 12.1 Å². The van der Waals surface area contributed by atoms with E-state index in [0.29, 0.717) is 22.8 Å². The van der Waals surface area contributed by atoms with Crippen LogP contribution in [0.4, 0.5) is 14.9 Å². The van der Waals surface area contributed by atoms with E-state index in [9.17, 15) is 14.3 Å². The van der Waals surface area contributed by atoms with Crippen LogP contribution in [-0.2, 0) is 5.54 Å². The van der Waals surface area contributed by atoms with Gasteiger partial charge in [-0.25, -0.2) is 9.18 Å². The van der Waals surface area contributed by atoms with Crippen LogP contribution >= 0.6 is 11.8 Å². The molecule has 1 aliphatic heterocycles. The lowest BCUT2D eigenvalue weighted by Crippen LogP contribution is -2.50. The Morgan fingerprint density at radius 1 is 1.48 bits per heavy atom. The van der Waals surface area contributed by atoms with Crippen LogP contribution in [0.15, 0.2) is 23.2 Å². The fourth-order valence-corrected chi connectivity index (χ4v) is 5.37. The number of hydrogen-bond donors (Lipinski definition) is 2. The number of rotatable bonds is 1. The second kappa shape index (κ2) is 6.20. The van der Waals surface area contributed by atoms with Gasteiger partial charge in [-0.1, -0.05) is 18.2 Å². The zero-order chi connectivity index (χ0) is 18.4. The minimum Gasteiger partial charge on any atom is -0.465 e. The van der Waals surface area contributed by atoms with Crippen molar-refractivity contribution in [1.29, 1.82) is 0 Å². The summed E-state index contributed by atoms with van der Waals surface area (Å²) >= 11 is 1.45. The normalized spacial score (nSPS) is 26.1. The summed E-state index contributed by atoms with van der Waals surface area (Å²) in [4.78, 5) is 18.0. The Bertz CT molecular complexity index is 732. The third-order valence-corrected chi connectivity index (χ3v) is 6.11. The molecule has 0 saturated heterocycles. The lowest BCUT2D eigenvalue weighted by molar-refractivity contribution is 0.141. The number of amidine groups is 1. The van der Waals surface area contributed by atoms with Gasteiger partial charge >= 0.3 is 6.09 Å². The predicted molar refractivity (Wildman–Crippen MR) is 99.3 cm³/mol. The van der Waals surface area contributed by atoms with Gasteiger partial charge in [-0.15, -0.1) is 0 Å². The summed E-state index contributed by atoms with van der Waals surface area (Å²) in [5.74, 6) is 0.592. The van der Waals surface area contributed by atoms with Crippen molar-refractivity contribution in [3.8, 4) is 0 Å². The standard InChI is InChI=1S/C18H24FN3O2S/c1-17(2,3)22(16(23)24)15-21-18(8-4-5-11(18)10-25-15)13-9-12(20)6-7-14(13)19/h6-7,9,11H,4-5,8,10,20H2,1-3H3,(H,23,24)/t11-,18-/m0/s1. The Kier molecular flexibility index (Phi) is 4.47. The molecule has 1 heterocycles. The van der Waals surface area contributed by atoms with E-state index in [2.05, 4.69) is 0 Å². The molecule has 0 spiro atoms. The van der Waals surface area contributed by atoms with E-state index in [4.69, 9.17) is 10.7 Å². The second-order valence-electron chi connectivity index (χ2n) is 7.75. The summed E-state index contributed by atoms with van der Waals surface area (Å²) in [5, 5.41) is 10.1. The molecule has 136 valence electrons. The van der Waals surface area contributed by atoms with Gasteiger partial charge in [0.25, 0.3) is 0 Å². The van der Waals surface area contributed by atoms with Gasteiger partial charge in [-0.05, 0) is 57.7 Å². The van der Waals surface area contributed by atoms with Crippen molar-refractivity contribution in [2.45, 2.75) is 51.1 Å². The predicted octanol–water partition coefficient (Wildman–Crippen LogP) is 4.28. The average molecular weight is 365 g/mol. The Labute approximate surface area is 151 Å². The van der Waals surface area contributed by atoms with Gasteiger partial charge < -0.3 is 10.8 Å². The first-order valence-corrected chi connectivity index (χ1v) is 9.45. The number of amides is 1. The summed E-state index contributed by atoms with van der Waals surface area (Å²) in [5.41, 5.74) is 5.54. The third kappa shape index (κ3) is 3.10. The maximum atomic E-state index is 14.6. The monoisotopic (exact) mass is 365 g/mol. The molecule has 25 heavy (non-hydrogen) atoms. The van der Waals surface area contributed by atoms with Crippen molar-refractivity contribution >= 4 is 28.7 Å². The lowest BCUT2D eigenvalue weighted by atomic mass is 9.81. The summed E-state index contributed by atoms with van der Waals surface area (Å²) in [6, 6.07) is 4.58. The van der Waals surface area contributed by atoms with Gasteiger partial charge in [-0.2, -0.15) is 0 Å². The molecule has 2 aliphatic rings. The largest absolute Gasteiger partial charge is 0.465 e. The number of nitrogens with zero attached hydrogens (tertiary/aromatic N) is 2. The number of carboxylic acid groups (broad SMARTS) is 1.